The highest BCUT2D eigenvalue weighted by Gasteiger charge is 2.25. The first-order valence-corrected chi connectivity index (χ1v) is 10.1. The average molecular weight is 399 g/mol. The summed E-state index contributed by atoms with van der Waals surface area (Å²) in [4.78, 5) is 15.7. The first-order chi connectivity index (χ1) is 14.0. The number of benzene rings is 2. The molecule has 29 heavy (non-hydrogen) atoms. The smallest absolute Gasteiger partial charge is 0.159 e. The van der Waals surface area contributed by atoms with E-state index in [2.05, 4.69) is 22.8 Å². The van der Waals surface area contributed by atoms with Crippen molar-refractivity contribution in [2.24, 2.45) is 0 Å². The lowest BCUT2D eigenvalue weighted by atomic mass is 10.1. The van der Waals surface area contributed by atoms with Crippen molar-refractivity contribution >= 4 is 11.5 Å². The second-order valence-corrected chi connectivity index (χ2v) is 7.51. The minimum atomic E-state index is -0.620. The number of carbonyl (C=O) groups excluding carboxylic acids is 1. The zero-order valence-electron chi connectivity index (χ0n) is 17.4. The maximum absolute atomic E-state index is 11.3. The molecule has 0 amide bonds. The molecule has 0 fully saturated rings. The van der Waals surface area contributed by atoms with Gasteiger partial charge in [-0.05, 0) is 57.3 Å². The lowest BCUT2D eigenvalue weighted by molar-refractivity contribution is 0.0606. The van der Waals surface area contributed by atoms with Gasteiger partial charge in [-0.3, -0.25) is 9.69 Å². The van der Waals surface area contributed by atoms with Crippen molar-refractivity contribution in [3.8, 4) is 11.5 Å². The Morgan fingerprint density at radius 3 is 2.69 bits per heavy atom. The first-order valence-electron chi connectivity index (χ1n) is 10.1. The fourth-order valence-corrected chi connectivity index (χ4v) is 3.59. The summed E-state index contributed by atoms with van der Waals surface area (Å²) in [6.07, 6.45) is -0.576. The van der Waals surface area contributed by atoms with Crippen LogP contribution in [0.5, 0.6) is 11.5 Å². The Kier molecular flexibility index (Phi) is 7.12. The van der Waals surface area contributed by atoms with Crippen LogP contribution in [0.1, 0.15) is 24.2 Å². The van der Waals surface area contributed by atoms with E-state index in [-0.39, 0.29) is 18.5 Å². The standard InChI is InChI=1S/C23H30N2O4/c1-4-25-15-21(29-23-8-6-5-7-22(23)25)14-24(3)13-19(27)16-28-20-11-9-18(10-12-20)17(2)26/h5-12,19,21,27H,4,13-16H2,1-3H3/t19-,21-/m0/s1. The number of fused-ring (bicyclic) bond motifs is 1. The number of para-hydroxylation sites is 2. The summed E-state index contributed by atoms with van der Waals surface area (Å²) in [5, 5.41) is 10.3. The molecule has 2 aromatic carbocycles. The average Bonchev–Trinajstić information content (AvgIpc) is 2.71. The Morgan fingerprint density at radius 1 is 1.28 bits per heavy atom. The van der Waals surface area contributed by atoms with E-state index >= 15 is 0 Å². The quantitative estimate of drug-likeness (QED) is 0.656. The van der Waals surface area contributed by atoms with E-state index in [4.69, 9.17) is 9.47 Å². The maximum Gasteiger partial charge on any atom is 0.159 e. The van der Waals surface area contributed by atoms with Crippen LogP contribution in [0.2, 0.25) is 0 Å². The summed E-state index contributed by atoms with van der Waals surface area (Å²) in [6, 6.07) is 15.1. The van der Waals surface area contributed by atoms with Crippen LogP contribution in [0, 0.1) is 0 Å². The molecule has 2 atom stereocenters. The normalized spacial score (nSPS) is 16.9. The van der Waals surface area contributed by atoms with Gasteiger partial charge in [0.05, 0.1) is 12.2 Å². The van der Waals surface area contributed by atoms with Gasteiger partial charge in [0.1, 0.15) is 30.3 Å². The van der Waals surface area contributed by atoms with E-state index in [9.17, 15) is 9.90 Å². The number of nitrogens with zero attached hydrogens (tertiary/aromatic N) is 2. The summed E-state index contributed by atoms with van der Waals surface area (Å²) in [5.74, 6) is 1.58. The van der Waals surface area contributed by atoms with Crippen LogP contribution in [0.25, 0.3) is 0 Å². The molecule has 1 aliphatic heterocycles. The molecule has 1 aliphatic rings. The van der Waals surface area contributed by atoms with E-state index in [1.807, 2.05) is 25.2 Å². The predicted octanol–water partition coefficient (Wildman–Crippen LogP) is 2.85. The molecule has 0 bridgehead atoms. The van der Waals surface area contributed by atoms with Gasteiger partial charge in [0.15, 0.2) is 5.78 Å². The van der Waals surface area contributed by atoms with E-state index in [1.165, 1.54) is 6.92 Å². The van der Waals surface area contributed by atoms with Crippen molar-refractivity contribution in [2.75, 3.05) is 44.7 Å². The number of anilines is 1. The molecule has 2 aromatic rings. The van der Waals surface area contributed by atoms with Crippen LogP contribution >= 0.6 is 0 Å². The van der Waals surface area contributed by atoms with Crippen molar-refractivity contribution in [1.29, 1.82) is 0 Å². The monoisotopic (exact) mass is 398 g/mol. The summed E-state index contributed by atoms with van der Waals surface area (Å²) in [6.45, 7) is 6.83. The summed E-state index contributed by atoms with van der Waals surface area (Å²) >= 11 is 0. The number of hydrogen-bond donors (Lipinski definition) is 1. The van der Waals surface area contributed by atoms with Gasteiger partial charge in [0.25, 0.3) is 0 Å². The topological polar surface area (TPSA) is 62.2 Å². The van der Waals surface area contributed by atoms with Crippen LogP contribution in [-0.4, -0.2) is 67.8 Å². The highest BCUT2D eigenvalue weighted by Crippen LogP contribution is 2.32. The minimum Gasteiger partial charge on any atom is -0.491 e. The van der Waals surface area contributed by atoms with Gasteiger partial charge in [0, 0.05) is 25.2 Å². The Bertz CT molecular complexity index is 809. The summed E-state index contributed by atoms with van der Waals surface area (Å²) in [7, 11) is 1.98. The zero-order chi connectivity index (χ0) is 20.8. The molecule has 0 unspecified atom stereocenters. The summed E-state index contributed by atoms with van der Waals surface area (Å²) in [5.41, 5.74) is 1.78. The molecular formula is C23H30N2O4. The van der Waals surface area contributed by atoms with Gasteiger partial charge >= 0.3 is 0 Å². The number of Topliss-reactive ketones (excluding diaryl/α,β-unsaturated/α-hetero) is 1. The zero-order valence-corrected chi connectivity index (χ0v) is 17.4. The van der Waals surface area contributed by atoms with E-state index < -0.39 is 6.10 Å². The van der Waals surface area contributed by atoms with Crippen LogP contribution in [0.4, 0.5) is 5.69 Å². The lowest BCUT2D eigenvalue weighted by Gasteiger charge is -2.37. The lowest BCUT2D eigenvalue weighted by Crippen LogP contribution is -2.47. The van der Waals surface area contributed by atoms with Crippen LogP contribution in [-0.2, 0) is 0 Å². The van der Waals surface area contributed by atoms with Crippen molar-refractivity contribution in [3.63, 3.8) is 0 Å². The number of carbonyl (C=O) groups is 1. The van der Waals surface area contributed by atoms with Crippen molar-refractivity contribution in [3.05, 3.63) is 54.1 Å². The van der Waals surface area contributed by atoms with Gasteiger partial charge in [0.2, 0.25) is 0 Å². The van der Waals surface area contributed by atoms with Gasteiger partial charge in [-0.2, -0.15) is 0 Å². The fraction of sp³-hybridized carbons (Fsp3) is 0.435. The Labute approximate surface area is 172 Å². The fourth-order valence-electron chi connectivity index (χ4n) is 3.59. The van der Waals surface area contributed by atoms with E-state index in [0.29, 0.717) is 17.9 Å². The van der Waals surface area contributed by atoms with E-state index in [0.717, 1.165) is 31.1 Å². The predicted molar refractivity (Wildman–Crippen MR) is 114 cm³/mol. The molecule has 0 radical (unpaired) electrons. The molecule has 0 aliphatic carbocycles. The number of ketones is 1. The molecule has 3 rings (SSSR count). The molecule has 0 saturated carbocycles. The molecule has 6 nitrogen and oxygen atoms in total. The van der Waals surface area contributed by atoms with Crippen LogP contribution < -0.4 is 14.4 Å². The molecule has 0 aromatic heterocycles. The SMILES string of the molecule is CCN1C[C@H](CN(C)C[C@H](O)COc2ccc(C(C)=O)cc2)Oc2ccccc21. The largest absolute Gasteiger partial charge is 0.491 e. The molecule has 1 N–H and O–H groups in total. The second kappa shape index (κ2) is 9.76. The number of likely N-dealkylation sites (N-methyl/N-ethyl adjacent to an activating group) is 2. The second-order valence-electron chi connectivity index (χ2n) is 7.51. The van der Waals surface area contributed by atoms with E-state index in [1.54, 1.807) is 24.3 Å². The Balaban J connectivity index is 1.46. The molecule has 0 spiro atoms. The number of rotatable bonds is 9. The third kappa shape index (κ3) is 5.71. The van der Waals surface area contributed by atoms with Gasteiger partial charge < -0.3 is 19.5 Å². The molecule has 1 heterocycles. The number of aliphatic hydroxyl groups is 1. The number of ether oxygens (including phenoxy) is 2. The van der Waals surface area contributed by atoms with Gasteiger partial charge in [-0.1, -0.05) is 12.1 Å². The molecular weight excluding hydrogens is 368 g/mol. The first kappa shape index (κ1) is 21.1. The third-order valence-corrected chi connectivity index (χ3v) is 5.05. The summed E-state index contributed by atoms with van der Waals surface area (Å²) < 4.78 is 11.8. The van der Waals surface area contributed by atoms with Gasteiger partial charge in [-0.15, -0.1) is 0 Å². The Hall–Kier alpha value is -2.57. The highest BCUT2D eigenvalue weighted by molar-refractivity contribution is 5.94. The Morgan fingerprint density at radius 2 is 2.00 bits per heavy atom. The van der Waals surface area contributed by atoms with Gasteiger partial charge in [-0.25, -0.2) is 0 Å². The molecule has 6 heteroatoms. The van der Waals surface area contributed by atoms with Crippen molar-refractivity contribution < 1.29 is 19.4 Å². The number of aliphatic hydroxyl groups excluding tert-OH is 1. The maximum atomic E-state index is 11.3. The van der Waals surface area contributed by atoms with Crippen LogP contribution in [0.3, 0.4) is 0 Å². The minimum absolute atomic E-state index is 0.0207. The molecule has 0 saturated heterocycles. The molecule has 156 valence electrons. The number of hydrogen-bond acceptors (Lipinski definition) is 6. The highest BCUT2D eigenvalue weighted by atomic mass is 16.5. The van der Waals surface area contributed by atoms with Crippen molar-refractivity contribution in [1.82, 2.24) is 4.90 Å². The van der Waals surface area contributed by atoms with Crippen molar-refractivity contribution in [2.45, 2.75) is 26.1 Å². The van der Waals surface area contributed by atoms with Crippen LogP contribution in [0.15, 0.2) is 48.5 Å². The third-order valence-electron chi connectivity index (χ3n) is 5.05.